The molecule has 184 valence electrons. The van der Waals surface area contributed by atoms with Gasteiger partial charge in [0.1, 0.15) is 19.0 Å². The minimum Gasteiger partial charge on any atom is -0.444 e. The van der Waals surface area contributed by atoms with E-state index >= 15 is 4.39 Å². The number of carbonyl (C=O) groups excluding carboxylic acids is 1. The van der Waals surface area contributed by atoms with Crippen LogP contribution < -0.4 is 15.5 Å². The molecule has 2 fully saturated rings. The smallest absolute Gasteiger partial charge is 0.408 e. The number of amides is 1. The molecule has 1 aliphatic heterocycles. The van der Waals surface area contributed by atoms with Gasteiger partial charge in [-0.2, -0.15) is 0 Å². The first kappa shape index (κ1) is 24.7. The Morgan fingerprint density at radius 1 is 1.12 bits per heavy atom. The number of halogens is 1. The van der Waals surface area contributed by atoms with Crippen LogP contribution in [0.4, 0.5) is 14.9 Å². The topological polar surface area (TPSA) is 78.9 Å². The van der Waals surface area contributed by atoms with Crippen molar-refractivity contribution < 1.29 is 23.6 Å². The molecule has 34 heavy (non-hydrogen) atoms. The van der Waals surface area contributed by atoms with E-state index in [1.807, 2.05) is 30.3 Å². The Morgan fingerprint density at radius 2 is 1.79 bits per heavy atom. The Balaban J connectivity index is 1.66. The largest absolute Gasteiger partial charge is 0.444 e. The van der Waals surface area contributed by atoms with Crippen molar-refractivity contribution in [3.05, 3.63) is 47.8 Å². The Bertz CT molecular complexity index is 1140. The lowest BCUT2D eigenvalue weighted by Gasteiger charge is -2.28. The molecule has 1 aliphatic carbocycles. The van der Waals surface area contributed by atoms with E-state index in [-0.39, 0.29) is 11.7 Å². The van der Waals surface area contributed by atoms with Gasteiger partial charge in [0, 0.05) is 17.4 Å². The third-order valence-corrected chi connectivity index (χ3v) is 7.84. The van der Waals surface area contributed by atoms with Crippen LogP contribution in [0.2, 0.25) is 0 Å². The molecule has 2 N–H and O–H groups in total. The quantitative estimate of drug-likeness (QED) is 0.577. The molecule has 0 radical (unpaired) electrons. The molecule has 0 spiro atoms. The molecule has 0 aromatic heterocycles. The number of anilines is 1. The van der Waals surface area contributed by atoms with Crippen LogP contribution in [-0.4, -0.2) is 48.9 Å². The summed E-state index contributed by atoms with van der Waals surface area (Å²) >= 11 is 0. The van der Waals surface area contributed by atoms with Crippen molar-refractivity contribution in [1.29, 1.82) is 0 Å². The van der Waals surface area contributed by atoms with Crippen molar-refractivity contribution in [3.63, 3.8) is 0 Å². The highest BCUT2D eigenvalue weighted by molar-refractivity contribution is 7.70. The highest BCUT2D eigenvalue weighted by Gasteiger charge is 2.38. The number of hydrogen-bond donors (Lipinski definition) is 2. The number of rotatable bonds is 5. The van der Waals surface area contributed by atoms with Crippen LogP contribution in [0.1, 0.15) is 51.5 Å². The summed E-state index contributed by atoms with van der Waals surface area (Å²) in [6, 6.07) is 10.5. The second-order valence-electron chi connectivity index (χ2n) is 10.7. The van der Waals surface area contributed by atoms with Crippen molar-refractivity contribution >= 4 is 24.2 Å². The third-order valence-electron chi connectivity index (χ3n) is 6.29. The normalized spacial score (nSPS) is 21.0. The highest BCUT2D eigenvalue weighted by Crippen LogP contribution is 2.49. The molecule has 2 aromatic rings. The van der Waals surface area contributed by atoms with Gasteiger partial charge in [0.25, 0.3) is 0 Å². The molecule has 4 rings (SSSR count). The molecule has 1 heterocycles. The van der Waals surface area contributed by atoms with Gasteiger partial charge in [-0.15, -0.1) is 0 Å². The van der Waals surface area contributed by atoms with Crippen LogP contribution in [0.5, 0.6) is 0 Å². The van der Waals surface area contributed by atoms with Crippen molar-refractivity contribution in [2.75, 3.05) is 24.8 Å². The lowest BCUT2D eigenvalue weighted by molar-refractivity contribution is 0.0451. The maximum absolute atomic E-state index is 16.0. The van der Waals surface area contributed by atoms with Crippen LogP contribution in [0.3, 0.4) is 0 Å². The summed E-state index contributed by atoms with van der Waals surface area (Å²) in [6.07, 6.45) is 0.595. The van der Waals surface area contributed by atoms with Crippen molar-refractivity contribution in [2.24, 2.45) is 0 Å². The Hall–Kier alpha value is -2.37. The molecule has 8 heteroatoms. The predicted molar refractivity (Wildman–Crippen MR) is 134 cm³/mol. The van der Waals surface area contributed by atoms with E-state index in [1.165, 1.54) is 0 Å². The molecule has 2 aromatic carbocycles. The Kier molecular flexibility index (Phi) is 6.56. The molecule has 6 nitrogen and oxygen atoms in total. The van der Waals surface area contributed by atoms with Gasteiger partial charge in [0.15, 0.2) is 5.82 Å². The molecule has 2 aliphatic rings. The van der Waals surface area contributed by atoms with Gasteiger partial charge in [-0.1, -0.05) is 30.3 Å². The fourth-order valence-electron chi connectivity index (χ4n) is 4.63. The molecule has 1 saturated heterocycles. The summed E-state index contributed by atoms with van der Waals surface area (Å²) in [5.41, 5.74) is 1.86. The lowest BCUT2D eigenvalue weighted by atomic mass is 9.95. The van der Waals surface area contributed by atoms with Crippen molar-refractivity contribution in [2.45, 2.75) is 63.8 Å². The van der Waals surface area contributed by atoms with Crippen molar-refractivity contribution in [1.82, 2.24) is 5.32 Å². The Labute approximate surface area is 200 Å². The fourth-order valence-corrected chi connectivity index (χ4v) is 5.85. The summed E-state index contributed by atoms with van der Waals surface area (Å²) in [5.74, 6) is -0.250. The van der Waals surface area contributed by atoms with E-state index in [9.17, 15) is 14.5 Å². The first-order chi connectivity index (χ1) is 15.9. The summed E-state index contributed by atoms with van der Waals surface area (Å²) < 4.78 is 34.3. The zero-order valence-corrected chi connectivity index (χ0v) is 21.4. The molecule has 0 bridgehead atoms. The zero-order valence-electron chi connectivity index (χ0n) is 20.5. The molecule has 1 saturated carbocycles. The maximum Gasteiger partial charge on any atom is 0.408 e. The second-order valence-corrected chi connectivity index (χ2v) is 13.8. The molecular weight excluding hydrogens is 454 g/mol. The molecule has 2 unspecified atom stereocenters. The van der Waals surface area contributed by atoms with Crippen LogP contribution in [0, 0.1) is 5.82 Å². The van der Waals surface area contributed by atoms with Crippen LogP contribution in [-0.2, 0) is 9.30 Å². The zero-order chi connectivity index (χ0) is 24.8. The summed E-state index contributed by atoms with van der Waals surface area (Å²) in [7, 11) is -2.57. The predicted octanol–water partition coefficient (Wildman–Crippen LogP) is 5.04. The van der Waals surface area contributed by atoms with Crippen LogP contribution >= 0.6 is 7.14 Å². The number of carbonyl (C=O) groups is 1. The second kappa shape index (κ2) is 9.01. The number of aliphatic hydroxyl groups excluding tert-OH is 1. The lowest BCUT2D eigenvalue weighted by Crippen LogP contribution is -2.46. The Morgan fingerprint density at radius 3 is 2.41 bits per heavy atom. The highest BCUT2D eigenvalue weighted by atomic mass is 31.2. The van der Waals surface area contributed by atoms with E-state index in [0.717, 1.165) is 29.3 Å². The summed E-state index contributed by atoms with van der Waals surface area (Å²) in [6.45, 7) is 9.17. The number of hydrogen-bond acceptors (Lipinski definition) is 5. The van der Waals surface area contributed by atoms with Crippen LogP contribution in [0.25, 0.3) is 11.1 Å². The van der Waals surface area contributed by atoms with Gasteiger partial charge in [0.05, 0.1) is 11.7 Å². The SMILES string of the molecule is CC(C)(C)OC(=O)NC1CCN(c2ccc(-c3ccccc3P(C)(C)=O)c(C3CC3)c2F)C1O. The van der Waals surface area contributed by atoms with Gasteiger partial charge in [0.2, 0.25) is 0 Å². The molecular formula is C26H34FN2O4P. The summed E-state index contributed by atoms with van der Waals surface area (Å²) in [5, 5.41) is 14.4. The van der Waals surface area contributed by atoms with Gasteiger partial charge >= 0.3 is 6.09 Å². The van der Waals surface area contributed by atoms with E-state index < -0.39 is 31.1 Å². The number of benzene rings is 2. The maximum atomic E-state index is 16.0. The van der Waals surface area contributed by atoms with Gasteiger partial charge < -0.3 is 24.6 Å². The minimum absolute atomic E-state index is 0.103. The standard InChI is InChI=1S/C26H34FN2O4P/c1-26(2,3)33-25(31)28-19-14-15-29(24(19)30)20-13-12-18(22(23(20)27)16-10-11-16)17-8-6-7-9-21(17)34(4,5)32/h6-9,12-13,16,19,24,30H,10-11,14-15H2,1-5H3,(H,28,31). The first-order valence-electron chi connectivity index (χ1n) is 11.8. The van der Waals surface area contributed by atoms with E-state index in [0.29, 0.717) is 24.2 Å². The monoisotopic (exact) mass is 488 g/mol. The first-order valence-corrected chi connectivity index (χ1v) is 14.4. The molecule has 2 atom stereocenters. The number of aliphatic hydroxyl groups is 1. The number of nitrogens with one attached hydrogen (secondary N) is 1. The number of ether oxygens (including phenoxy) is 1. The molecule has 1 amide bonds. The number of alkyl carbamates (subject to hydrolysis) is 1. The van der Waals surface area contributed by atoms with E-state index in [4.69, 9.17) is 4.74 Å². The van der Waals surface area contributed by atoms with Gasteiger partial charge in [-0.25, -0.2) is 9.18 Å². The van der Waals surface area contributed by atoms with Gasteiger partial charge in [-0.05, 0) is 76.5 Å². The fraction of sp³-hybridized carbons (Fsp3) is 0.500. The van der Waals surface area contributed by atoms with Gasteiger partial charge in [-0.3, -0.25) is 0 Å². The summed E-state index contributed by atoms with van der Waals surface area (Å²) in [4.78, 5) is 13.8. The average Bonchev–Trinajstić information content (AvgIpc) is 3.50. The van der Waals surface area contributed by atoms with E-state index in [2.05, 4.69) is 5.32 Å². The third kappa shape index (κ3) is 5.16. The average molecular weight is 489 g/mol. The van der Waals surface area contributed by atoms with Crippen molar-refractivity contribution in [3.8, 4) is 11.1 Å². The van der Waals surface area contributed by atoms with E-state index in [1.54, 1.807) is 45.1 Å². The number of nitrogens with zero attached hydrogens (tertiary/aromatic N) is 1. The minimum atomic E-state index is -2.57. The van der Waals surface area contributed by atoms with Crippen LogP contribution in [0.15, 0.2) is 36.4 Å².